The number of amides is 2. The van der Waals surface area contributed by atoms with Crippen LogP contribution in [-0.2, 0) is 4.79 Å². The molecule has 1 aliphatic rings. The molecule has 0 aromatic carbocycles. The van der Waals surface area contributed by atoms with Crippen LogP contribution in [0.1, 0.15) is 46.5 Å². The van der Waals surface area contributed by atoms with E-state index in [2.05, 4.69) is 10.6 Å². The molecule has 0 spiro atoms. The van der Waals surface area contributed by atoms with Crippen molar-refractivity contribution in [2.75, 3.05) is 6.54 Å². The van der Waals surface area contributed by atoms with Crippen LogP contribution in [0.25, 0.3) is 0 Å². The third-order valence-electron chi connectivity index (χ3n) is 3.38. The summed E-state index contributed by atoms with van der Waals surface area (Å²) in [4.78, 5) is 22.7. The molecule has 1 saturated carbocycles. The van der Waals surface area contributed by atoms with Gasteiger partial charge >= 0.3 is 12.0 Å². The lowest BCUT2D eigenvalue weighted by molar-refractivity contribution is -0.142. The average Bonchev–Trinajstić information content (AvgIpc) is 3.06. The second-order valence-corrected chi connectivity index (χ2v) is 6.10. The van der Waals surface area contributed by atoms with Crippen molar-refractivity contribution < 1.29 is 14.7 Å². The molecule has 1 aliphatic carbocycles. The quantitative estimate of drug-likeness (QED) is 0.633. The van der Waals surface area contributed by atoms with Gasteiger partial charge in [-0.2, -0.15) is 0 Å². The van der Waals surface area contributed by atoms with E-state index in [1.807, 2.05) is 20.8 Å². The Balaban J connectivity index is 2.23. The van der Waals surface area contributed by atoms with Crippen molar-refractivity contribution >= 4 is 12.0 Å². The van der Waals surface area contributed by atoms with Crippen LogP contribution < -0.4 is 10.6 Å². The van der Waals surface area contributed by atoms with E-state index in [1.165, 1.54) is 12.8 Å². The number of carbonyl (C=O) groups excluding carboxylic acids is 1. The van der Waals surface area contributed by atoms with Gasteiger partial charge in [-0.15, -0.1) is 0 Å². The third-order valence-corrected chi connectivity index (χ3v) is 3.38. The molecule has 19 heavy (non-hydrogen) atoms. The molecular formula is C14H26N2O3. The molecule has 5 nitrogen and oxygen atoms in total. The number of urea groups is 1. The van der Waals surface area contributed by atoms with E-state index < -0.39 is 11.9 Å². The highest BCUT2D eigenvalue weighted by Gasteiger charge is 2.24. The normalized spacial score (nSPS) is 17.9. The van der Waals surface area contributed by atoms with Gasteiger partial charge in [0.15, 0.2) is 0 Å². The standard InChI is InChI=1S/C14H26N2O3/c1-9(2)6-12(13(17)18)8-15-14(19)16-10(3)7-11-4-5-11/h9-12H,4-8H2,1-3H3,(H,17,18)(H2,15,16,19). The topological polar surface area (TPSA) is 78.4 Å². The van der Waals surface area contributed by atoms with Gasteiger partial charge in [0.05, 0.1) is 5.92 Å². The fourth-order valence-electron chi connectivity index (χ4n) is 2.24. The summed E-state index contributed by atoms with van der Waals surface area (Å²) in [7, 11) is 0. The van der Waals surface area contributed by atoms with Crippen molar-refractivity contribution in [3.8, 4) is 0 Å². The maximum Gasteiger partial charge on any atom is 0.315 e. The fourth-order valence-corrected chi connectivity index (χ4v) is 2.24. The van der Waals surface area contributed by atoms with Gasteiger partial charge in [0, 0.05) is 12.6 Å². The lowest BCUT2D eigenvalue weighted by Crippen LogP contribution is -2.43. The second-order valence-electron chi connectivity index (χ2n) is 6.10. The smallest absolute Gasteiger partial charge is 0.315 e. The summed E-state index contributed by atoms with van der Waals surface area (Å²) in [5.41, 5.74) is 0. The van der Waals surface area contributed by atoms with Crippen molar-refractivity contribution in [2.24, 2.45) is 17.8 Å². The number of nitrogens with one attached hydrogen (secondary N) is 2. The number of carboxylic acids is 1. The van der Waals surface area contributed by atoms with E-state index in [0.717, 1.165) is 12.3 Å². The van der Waals surface area contributed by atoms with E-state index in [1.54, 1.807) is 0 Å². The summed E-state index contributed by atoms with van der Waals surface area (Å²) < 4.78 is 0. The lowest BCUT2D eigenvalue weighted by atomic mass is 9.97. The minimum absolute atomic E-state index is 0.154. The summed E-state index contributed by atoms with van der Waals surface area (Å²) in [6, 6.07) is -0.107. The molecule has 2 atom stereocenters. The van der Waals surface area contributed by atoms with Gasteiger partial charge < -0.3 is 15.7 Å². The number of carboxylic acid groups (broad SMARTS) is 1. The van der Waals surface area contributed by atoms with Gasteiger partial charge in [0.1, 0.15) is 0 Å². The predicted molar refractivity (Wildman–Crippen MR) is 73.9 cm³/mol. The molecule has 0 aliphatic heterocycles. The maximum absolute atomic E-state index is 11.7. The Morgan fingerprint density at radius 3 is 2.37 bits per heavy atom. The van der Waals surface area contributed by atoms with Crippen LogP contribution in [-0.4, -0.2) is 29.7 Å². The molecule has 3 N–H and O–H groups in total. The molecule has 110 valence electrons. The molecule has 2 unspecified atom stereocenters. The summed E-state index contributed by atoms with van der Waals surface area (Å²) in [5, 5.41) is 14.6. The molecule has 0 radical (unpaired) electrons. The predicted octanol–water partition coefficient (Wildman–Crippen LogP) is 2.22. The second kappa shape index (κ2) is 7.36. The van der Waals surface area contributed by atoms with Crippen LogP contribution >= 0.6 is 0 Å². The van der Waals surface area contributed by atoms with Crippen molar-refractivity contribution in [2.45, 2.75) is 52.5 Å². The molecule has 2 amide bonds. The third kappa shape index (κ3) is 7.03. The van der Waals surface area contributed by atoms with Crippen LogP contribution in [0.5, 0.6) is 0 Å². The first-order valence-corrected chi connectivity index (χ1v) is 7.15. The SMILES string of the molecule is CC(C)CC(CNC(=O)NC(C)CC1CC1)C(=O)O. The molecule has 0 aromatic heterocycles. The van der Waals surface area contributed by atoms with E-state index in [0.29, 0.717) is 12.3 Å². The Bertz CT molecular complexity index is 314. The largest absolute Gasteiger partial charge is 0.481 e. The van der Waals surface area contributed by atoms with Gasteiger partial charge in [-0.3, -0.25) is 4.79 Å². The van der Waals surface area contributed by atoms with Crippen LogP contribution in [0.4, 0.5) is 4.79 Å². The first-order chi connectivity index (χ1) is 8.88. The Labute approximate surface area is 115 Å². The van der Waals surface area contributed by atoms with Gasteiger partial charge in [0.2, 0.25) is 0 Å². The first kappa shape index (κ1) is 15.8. The first-order valence-electron chi connectivity index (χ1n) is 7.15. The molecule has 1 fully saturated rings. The zero-order valence-corrected chi connectivity index (χ0v) is 12.1. The molecular weight excluding hydrogens is 244 g/mol. The zero-order valence-electron chi connectivity index (χ0n) is 12.1. The number of hydrogen-bond donors (Lipinski definition) is 3. The molecule has 0 heterocycles. The molecule has 5 heteroatoms. The number of aliphatic carboxylic acids is 1. The van der Waals surface area contributed by atoms with Crippen LogP contribution in [0.3, 0.4) is 0 Å². The van der Waals surface area contributed by atoms with Gasteiger partial charge in [-0.05, 0) is 31.6 Å². The minimum Gasteiger partial charge on any atom is -0.481 e. The fraction of sp³-hybridized carbons (Fsp3) is 0.857. The maximum atomic E-state index is 11.7. The molecule has 0 bridgehead atoms. The number of hydrogen-bond acceptors (Lipinski definition) is 2. The Morgan fingerprint density at radius 1 is 1.26 bits per heavy atom. The van der Waals surface area contributed by atoms with Crippen LogP contribution in [0, 0.1) is 17.8 Å². The lowest BCUT2D eigenvalue weighted by Gasteiger charge is -2.18. The number of carbonyl (C=O) groups is 2. The summed E-state index contributed by atoms with van der Waals surface area (Å²) in [5.74, 6) is -0.285. The van der Waals surface area contributed by atoms with Gasteiger partial charge in [0.25, 0.3) is 0 Å². The zero-order chi connectivity index (χ0) is 14.4. The van der Waals surface area contributed by atoms with Crippen LogP contribution in [0.2, 0.25) is 0 Å². The van der Waals surface area contributed by atoms with E-state index in [4.69, 9.17) is 5.11 Å². The summed E-state index contributed by atoms with van der Waals surface area (Å²) >= 11 is 0. The minimum atomic E-state index is -0.847. The molecule has 1 rings (SSSR count). The molecule has 0 aromatic rings. The van der Waals surface area contributed by atoms with Gasteiger partial charge in [-0.1, -0.05) is 26.7 Å². The van der Waals surface area contributed by atoms with E-state index in [-0.39, 0.29) is 18.6 Å². The monoisotopic (exact) mass is 270 g/mol. The van der Waals surface area contributed by atoms with Crippen molar-refractivity contribution in [1.29, 1.82) is 0 Å². The van der Waals surface area contributed by atoms with E-state index in [9.17, 15) is 9.59 Å². The van der Waals surface area contributed by atoms with Crippen molar-refractivity contribution in [3.63, 3.8) is 0 Å². The summed E-state index contributed by atoms with van der Waals surface area (Å²) in [6.07, 6.45) is 4.13. The highest BCUT2D eigenvalue weighted by atomic mass is 16.4. The Kier molecular flexibility index (Phi) is 6.12. The Morgan fingerprint density at radius 2 is 1.89 bits per heavy atom. The Hall–Kier alpha value is -1.26. The van der Waals surface area contributed by atoms with Crippen molar-refractivity contribution in [3.05, 3.63) is 0 Å². The van der Waals surface area contributed by atoms with Crippen molar-refractivity contribution in [1.82, 2.24) is 10.6 Å². The highest BCUT2D eigenvalue weighted by Crippen LogP contribution is 2.33. The number of rotatable bonds is 8. The van der Waals surface area contributed by atoms with Crippen LogP contribution in [0.15, 0.2) is 0 Å². The van der Waals surface area contributed by atoms with E-state index >= 15 is 0 Å². The van der Waals surface area contributed by atoms with Gasteiger partial charge in [-0.25, -0.2) is 4.79 Å². The highest BCUT2D eigenvalue weighted by molar-refractivity contribution is 5.76. The molecule has 0 saturated heterocycles. The summed E-state index contributed by atoms with van der Waals surface area (Å²) in [6.45, 7) is 6.14. The average molecular weight is 270 g/mol.